The Kier molecular flexibility index (Phi) is 25.0. The van der Waals surface area contributed by atoms with Gasteiger partial charge in [0.15, 0.2) is 0 Å². The van der Waals surface area contributed by atoms with Crippen molar-refractivity contribution in [2.75, 3.05) is 19.6 Å². The molecule has 0 amide bonds. The summed E-state index contributed by atoms with van der Waals surface area (Å²) in [5, 5.41) is 6.87. The lowest BCUT2D eigenvalue weighted by molar-refractivity contribution is 0.536. The van der Waals surface area contributed by atoms with Crippen molar-refractivity contribution in [3.05, 3.63) is 12.3 Å². The second-order valence-electron chi connectivity index (χ2n) is 8.96. The number of nitrogens with one attached hydrogen (secondary N) is 2. The van der Waals surface area contributed by atoms with Crippen molar-refractivity contribution in [2.45, 2.75) is 135 Å². The molecular formula is C26H55N3. The largest absolute Gasteiger partial charge is 0.391 e. The molecule has 0 aliphatic heterocycles. The highest BCUT2D eigenvalue weighted by Crippen LogP contribution is 2.13. The highest BCUT2D eigenvalue weighted by Gasteiger charge is 1.94. The molecule has 0 heterocycles. The number of nitrogens with two attached hydrogens (primary N) is 1. The average molecular weight is 410 g/mol. The molecule has 1 atom stereocenters. The van der Waals surface area contributed by atoms with Crippen LogP contribution in [0.4, 0.5) is 0 Å². The van der Waals surface area contributed by atoms with Gasteiger partial charge in [-0.15, -0.1) is 0 Å². The lowest BCUT2D eigenvalue weighted by Gasteiger charge is -2.06. The molecule has 0 bridgehead atoms. The van der Waals surface area contributed by atoms with Gasteiger partial charge in [-0.3, -0.25) is 0 Å². The highest BCUT2D eigenvalue weighted by molar-refractivity contribution is 4.79. The maximum atomic E-state index is 5.73. The predicted molar refractivity (Wildman–Crippen MR) is 132 cm³/mol. The van der Waals surface area contributed by atoms with Crippen LogP contribution in [0.1, 0.15) is 129 Å². The zero-order valence-corrected chi connectivity index (χ0v) is 20.2. The molecule has 0 saturated carbocycles. The summed E-state index contributed by atoms with van der Waals surface area (Å²) < 4.78 is 0. The molecule has 0 fully saturated rings. The number of allylic oxidation sites excluding steroid dienone is 1. The summed E-state index contributed by atoms with van der Waals surface area (Å²) in [5.74, 6) is 0. The van der Waals surface area contributed by atoms with E-state index >= 15 is 0 Å². The molecular weight excluding hydrogens is 354 g/mol. The van der Waals surface area contributed by atoms with E-state index < -0.39 is 0 Å². The van der Waals surface area contributed by atoms with Gasteiger partial charge in [0.25, 0.3) is 0 Å². The molecule has 4 N–H and O–H groups in total. The first-order chi connectivity index (χ1) is 14.3. The minimum atomic E-state index is 0.314. The minimum absolute atomic E-state index is 0.314. The zero-order chi connectivity index (χ0) is 21.3. The van der Waals surface area contributed by atoms with Gasteiger partial charge in [0, 0.05) is 12.6 Å². The molecule has 3 nitrogen and oxygen atoms in total. The second kappa shape index (κ2) is 25.5. The van der Waals surface area contributed by atoms with Crippen molar-refractivity contribution < 1.29 is 0 Å². The van der Waals surface area contributed by atoms with E-state index in [1.54, 1.807) is 0 Å². The Morgan fingerprint density at radius 2 is 1.17 bits per heavy atom. The molecule has 0 aliphatic carbocycles. The third-order valence-corrected chi connectivity index (χ3v) is 5.66. The van der Waals surface area contributed by atoms with Crippen LogP contribution in [0.3, 0.4) is 0 Å². The van der Waals surface area contributed by atoms with Crippen LogP contribution in [0.25, 0.3) is 0 Å². The lowest BCUT2D eigenvalue weighted by Crippen LogP contribution is -2.25. The molecule has 29 heavy (non-hydrogen) atoms. The topological polar surface area (TPSA) is 50.1 Å². The van der Waals surface area contributed by atoms with Gasteiger partial charge in [0.2, 0.25) is 0 Å². The molecule has 0 rings (SSSR count). The highest BCUT2D eigenvalue weighted by atomic mass is 14.9. The van der Waals surface area contributed by atoms with Gasteiger partial charge in [-0.1, -0.05) is 96.5 Å². The lowest BCUT2D eigenvalue weighted by atomic mass is 10.0. The third-order valence-electron chi connectivity index (χ3n) is 5.66. The smallest absolute Gasteiger partial charge is 0.0141 e. The third kappa shape index (κ3) is 27.5. The molecule has 0 aliphatic rings. The fourth-order valence-electron chi connectivity index (χ4n) is 3.64. The van der Waals surface area contributed by atoms with Crippen LogP contribution in [-0.2, 0) is 0 Å². The van der Waals surface area contributed by atoms with Crippen LogP contribution in [0.5, 0.6) is 0 Å². The summed E-state index contributed by atoms with van der Waals surface area (Å²) in [5.41, 5.74) is 5.73. The monoisotopic (exact) mass is 409 g/mol. The van der Waals surface area contributed by atoms with Crippen molar-refractivity contribution in [1.82, 2.24) is 10.6 Å². The maximum absolute atomic E-state index is 5.73. The fraction of sp³-hybridized carbons (Fsp3) is 0.923. The fourth-order valence-corrected chi connectivity index (χ4v) is 3.64. The van der Waals surface area contributed by atoms with Crippen molar-refractivity contribution in [2.24, 2.45) is 5.73 Å². The van der Waals surface area contributed by atoms with Gasteiger partial charge in [-0.2, -0.15) is 0 Å². The summed E-state index contributed by atoms with van der Waals surface area (Å²) in [6.07, 6.45) is 29.3. The van der Waals surface area contributed by atoms with Crippen LogP contribution < -0.4 is 16.4 Å². The number of hydrogen-bond acceptors (Lipinski definition) is 3. The van der Waals surface area contributed by atoms with Gasteiger partial charge in [-0.25, -0.2) is 0 Å². The Labute approximate surface area is 184 Å². The van der Waals surface area contributed by atoms with Gasteiger partial charge < -0.3 is 16.4 Å². The average Bonchev–Trinajstić information content (AvgIpc) is 2.71. The van der Waals surface area contributed by atoms with Crippen molar-refractivity contribution >= 4 is 0 Å². The Balaban J connectivity index is 3.07. The first-order valence-corrected chi connectivity index (χ1v) is 13.1. The number of unbranched alkanes of at least 4 members (excludes halogenated alkanes) is 15. The summed E-state index contributed by atoms with van der Waals surface area (Å²) in [6.45, 7) is 7.60. The molecule has 0 radical (unpaired) electrons. The van der Waals surface area contributed by atoms with E-state index in [4.69, 9.17) is 5.73 Å². The van der Waals surface area contributed by atoms with Gasteiger partial charge in [0.05, 0.1) is 0 Å². The van der Waals surface area contributed by atoms with E-state index in [9.17, 15) is 0 Å². The minimum Gasteiger partial charge on any atom is -0.391 e. The van der Waals surface area contributed by atoms with E-state index in [1.807, 2.05) is 0 Å². The van der Waals surface area contributed by atoms with E-state index in [-0.39, 0.29) is 0 Å². The molecule has 0 aromatic rings. The van der Waals surface area contributed by atoms with E-state index in [0.29, 0.717) is 6.04 Å². The van der Waals surface area contributed by atoms with Crippen molar-refractivity contribution in [1.29, 1.82) is 0 Å². The molecule has 0 saturated heterocycles. The van der Waals surface area contributed by atoms with E-state index in [0.717, 1.165) is 26.1 Å². The standard InChI is InChI=1S/C26H55N3/c1-3-4-5-6-7-8-9-10-11-12-13-14-15-16-17-18-22-28-23-19-20-24-29-25-21-26(2)27/h18,22,26,28-29H,3-17,19-21,23-25,27H2,1-2H3. The van der Waals surface area contributed by atoms with Crippen LogP contribution in [-0.4, -0.2) is 25.7 Å². The molecule has 1 unspecified atom stereocenters. The Morgan fingerprint density at radius 3 is 1.72 bits per heavy atom. The maximum Gasteiger partial charge on any atom is 0.0141 e. The number of rotatable bonds is 24. The first kappa shape index (κ1) is 28.5. The SMILES string of the molecule is CCCCCCCCCCCCCCCCC=CNCCCCNCCC(C)N. The van der Waals surface area contributed by atoms with Crippen molar-refractivity contribution in [3.8, 4) is 0 Å². The van der Waals surface area contributed by atoms with Gasteiger partial charge in [-0.05, 0) is 58.3 Å². The normalized spacial score (nSPS) is 12.7. The van der Waals surface area contributed by atoms with Crippen LogP contribution in [0, 0.1) is 0 Å². The van der Waals surface area contributed by atoms with Crippen molar-refractivity contribution in [3.63, 3.8) is 0 Å². The molecule has 0 aromatic heterocycles. The van der Waals surface area contributed by atoms with Crippen LogP contribution in [0.15, 0.2) is 12.3 Å². The Hall–Kier alpha value is -0.540. The van der Waals surface area contributed by atoms with E-state index in [1.165, 1.54) is 109 Å². The van der Waals surface area contributed by atoms with Crippen LogP contribution in [0.2, 0.25) is 0 Å². The van der Waals surface area contributed by atoms with E-state index in [2.05, 4.69) is 36.8 Å². The zero-order valence-electron chi connectivity index (χ0n) is 20.2. The molecule has 174 valence electrons. The molecule has 0 aromatic carbocycles. The summed E-state index contributed by atoms with van der Waals surface area (Å²) >= 11 is 0. The Morgan fingerprint density at radius 1 is 0.655 bits per heavy atom. The van der Waals surface area contributed by atoms with Crippen LogP contribution >= 0.6 is 0 Å². The molecule has 0 spiro atoms. The van der Waals surface area contributed by atoms with Gasteiger partial charge in [0.1, 0.15) is 0 Å². The van der Waals surface area contributed by atoms with Gasteiger partial charge >= 0.3 is 0 Å². The summed E-state index contributed by atoms with van der Waals surface area (Å²) in [7, 11) is 0. The quantitative estimate of drug-likeness (QED) is 0.149. The second-order valence-corrected chi connectivity index (χ2v) is 8.96. The summed E-state index contributed by atoms with van der Waals surface area (Å²) in [4.78, 5) is 0. The first-order valence-electron chi connectivity index (χ1n) is 13.1. The number of hydrogen-bond donors (Lipinski definition) is 3. The molecule has 3 heteroatoms. The predicted octanol–water partition coefficient (Wildman–Crippen LogP) is 7.07. The Bertz CT molecular complexity index is 315. The summed E-state index contributed by atoms with van der Waals surface area (Å²) in [6, 6.07) is 0.314.